The Hall–Kier alpha value is -1.93. The molecule has 1 aromatic carbocycles. The molecule has 2 aliphatic rings. The van der Waals surface area contributed by atoms with E-state index in [0.717, 1.165) is 22.5 Å². The van der Waals surface area contributed by atoms with Gasteiger partial charge in [-0.25, -0.2) is 13.4 Å². The second-order valence-electron chi connectivity index (χ2n) is 8.54. The van der Waals surface area contributed by atoms with E-state index in [1.165, 1.54) is 32.1 Å². The van der Waals surface area contributed by atoms with Crippen molar-refractivity contribution in [1.29, 1.82) is 0 Å². The zero-order chi connectivity index (χ0) is 20.6. The lowest BCUT2D eigenvalue weighted by Crippen LogP contribution is -2.38. The molecule has 1 amide bonds. The van der Waals surface area contributed by atoms with Gasteiger partial charge in [0.2, 0.25) is 5.91 Å². The maximum absolute atomic E-state index is 12.5. The van der Waals surface area contributed by atoms with Gasteiger partial charge in [0.25, 0.3) is 0 Å². The van der Waals surface area contributed by atoms with Crippen LogP contribution in [0.25, 0.3) is 11.0 Å². The number of carbonyl (C=O) groups is 1. The summed E-state index contributed by atoms with van der Waals surface area (Å²) in [5, 5.41) is 2.94. The average molecular weight is 419 g/mol. The van der Waals surface area contributed by atoms with E-state index in [-0.39, 0.29) is 30.0 Å². The standard InChI is InChI=1S/C21H30N4O3S/c1-15-22-19-12-16(8-9-20(19)25(15)17-6-4-3-5-7-17)23-21(26)13-24(2)18-10-11-29(27,28)14-18/h8-9,12,17-18H,3-7,10-11,13-14H2,1-2H3,(H,23,26)/t18-/m0/s1. The van der Waals surface area contributed by atoms with Crippen molar-refractivity contribution >= 4 is 32.5 Å². The summed E-state index contributed by atoms with van der Waals surface area (Å²) in [4.78, 5) is 19.0. The van der Waals surface area contributed by atoms with Gasteiger partial charge in [0.1, 0.15) is 5.82 Å². The summed E-state index contributed by atoms with van der Waals surface area (Å²) in [5.41, 5.74) is 2.75. The lowest BCUT2D eigenvalue weighted by Gasteiger charge is -2.25. The number of hydrogen-bond donors (Lipinski definition) is 1. The molecule has 8 heteroatoms. The molecular weight excluding hydrogens is 388 g/mol. The predicted molar refractivity (Wildman–Crippen MR) is 115 cm³/mol. The Labute approximate surface area is 172 Å². The minimum Gasteiger partial charge on any atom is -0.325 e. The minimum absolute atomic E-state index is 0.0814. The summed E-state index contributed by atoms with van der Waals surface area (Å²) in [6.45, 7) is 2.23. The van der Waals surface area contributed by atoms with Crippen LogP contribution in [0.2, 0.25) is 0 Å². The summed E-state index contributed by atoms with van der Waals surface area (Å²) in [6.07, 6.45) is 6.86. The molecule has 1 saturated carbocycles. The summed E-state index contributed by atoms with van der Waals surface area (Å²) < 4.78 is 25.7. The van der Waals surface area contributed by atoms with Crippen molar-refractivity contribution in [2.45, 2.75) is 57.5 Å². The first-order chi connectivity index (χ1) is 13.8. The van der Waals surface area contributed by atoms with Crippen molar-refractivity contribution in [2.75, 3.05) is 30.4 Å². The fraction of sp³-hybridized carbons (Fsp3) is 0.619. The Balaban J connectivity index is 1.44. The number of anilines is 1. The normalized spacial score (nSPS) is 22.4. The van der Waals surface area contributed by atoms with Gasteiger partial charge in [-0.05, 0) is 51.4 Å². The Kier molecular flexibility index (Phi) is 5.66. The molecule has 0 spiro atoms. The van der Waals surface area contributed by atoms with E-state index in [4.69, 9.17) is 4.98 Å². The Bertz CT molecular complexity index is 1010. The first-order valence-electron chi connectivity index (χ1n) is 10.5. The minimum atomic E-state index is -2.95. The number of carbonyl (C=O) groups excluding carboxylic acids is 1. The van der Waals surface area contributed by atoms with Gasteiger partial charge in [0.15, 0.2) is 9.84 Å². The van der Waals surface area contributed by atoms with Crippen molar-refractivity contribution in [2.24, 2.45) is 0 Å². The SMILES string of the molecule is Cc1nc2cc(NC(=O)CN(C)[C@H]3CCS(=O)(=O)C3)ccc2n1C1CCCCC1. The molecule has 4 rings (SSSR count). The third-order valence-electron chi connectivity index (χ3n) is 6.31. The van der Waals surface area contributed by atoms with Crippen molar-refractivity contribution in [3.63, 3.8) is 0 Å². The summed E-state index contributed by atoms with van der Waals surface area (Å²) in [5.74, 6) is 1.24. The highest BCUT2D eigenvalue weighted by Gasteiger charge is 2.31. The van der Waals surface area contributed by atoms with Crippen molar-refractivity contribution in [3.05, 3.63) is 24.0 Å². The highest BCUT2D eigenvalue weighted by molar-refractivity contribution is 7.91. The highest BCUT2D eigenvalue weighted by atomic mass is 32.2. The first kappa shape index (κ1) is 20.3. The number of nitrogens with one attached hydrogen (secondary N) is 1. The number of fused-ring (bicyclic) bond motifs is 1. The smallest absolute Gasteiger partial charge is 0.238 e. The number of sulfone groups is 1. The number of aryl methyl sites for hydroxylation is 1. The molecule has 1 aliphatic carbocycles. The second kappa shape index (κ2) is 8.07. The fourth-order valence-corrected chi connectivity index (χ4v) is 6.58. The third kappa shape index (κ3) is 4.48. The van der Waals surface area contributed by atoms with Crippen LogP contribution in [0.5, 0.6) is 0 Å². The molecule has 2 fully saturated rings. The number of nitrogens with zero attached hydrogens (tertiary/aromatic N) is 3. The molecule has 1 N–H and O–H groups in total. The van der Waals surface area contributed by atoms with Gasteiger partial charge in [0, 0.05) is 17.8 Å². The van der Waals surface area contributed by atoms with Gasteiger partial charge in [-0.15, -0.1) is 0 Å². The van der Waals surface area contributed by atoms with Crippen LogP contribution in [-0.2, 0) is 14.6 Å². The first-order valence-corrected chi connectivity index (χ1v) is 12.3. The van der Waals surface area contributed by atoms with Crippen molar-refractivity contribution in [1.82, 2.24) is 14.5 Å². The number of benzene rings is 1. The number of amides is 1. The van der Waals surface area contributed by atoms with Gasteiger partial charge >= 0.3 is 0 Å². The van der Waals surface area contributed by atoms with Crippen LogP contribution >= 0.6 is 0 Å². The Morgan fingerprint density at radius 1 is 1.24 bits per heavy atom. The third-order valence-corrected chi connectivity index (χ3v) is 8.06. The lowest BCUT2D eigenvalue weighted by molar-refractivity contribution is -0.117. The zero-order valence-corrected chi connectivity index (χ0v) is 18.0. The summed E-state index contributed by atoms with van der Waals surface area (Å²) in [7, 11) is -1.15. The van der Waals surface area contributed by atoms with E-state index < -0.39 is 9.84 Å². The monoisotopic (exact) mass is 418 g/mol. The van der Waals surface area contributed by atoms with Crippen LogP contribution in [0.3, 0.4) is 0 Å². The lowest BCUT2D eigenvalue weighted by atomic mass is 9.95. The average Bonchev–Trinajstić information content (AvgIpc) is 3.20. The second-order valence-corrected chi connectivity index (χ2v) is 10.8. The molecule has 1 atom stereocenters. The van der Waals surface area contributed by atoms with Gasteiger partial charge in [0.05, 0.1) is 29.1 Å². The predicted octanol–water partition coefficient (Wildman–Crippen LogP) is 2.91. The largest absolute Gasteiger partial charge is 0.325 e. The van der Waals surface area contributed by atoms with E-state index in [9.17, 15) is 13.2 Å². The molecule has 1 aromatic heterocycles. The van der Waals surface area contributed by atoms with Gasteiger partial charge in [-0.3, -0.25) is 9.69 Å². The molecule has 158 valence electrons. The van der Waals surface area contributed by atoms with Crippen molar-refractivity contribution < 1.29 is 13.2 Å². The van der Waals surface area contributed by atoms with Crippen LogP contribution in [0.4, 0.5) is 5.69 Å². The number of rotatable bonds is 5. The highest BCUT2D eigenvalue weighted by Crippen LogP contribution is 2.33. The molecule has 1 saturated heterocycles. The van der Waals surface area contributed by atoms with E-state index in [0.29, 0.717) is 12.5 Å². The van der Waals surface area contributed by atoms with E-state index in [1.807, 2.05) is 30.1 Å². The maximum Gasteiger partial charge on any atom is 0.238 e. The fourth-order valence-electron chi connectivity index (χ4n) is 4.78. The van der Waals surface area contributed by atoms with E-state index in [2.05, 4.69) is 16.8 Å². The maximum atomic E-state index is 12.5. The van der Waals surface area contributed by atoms with E-state index >= 15 is 0 Å². The van der Waals surface area contributed by atoms with E-state index in [1.54, 1.807) is 0 Å². The zero-order valence-electron chi connectivity index (χ0n) is 17.2. The molecule has 1 aliphatic heterocycles. The molecule has 0 unspecified atom stereocenters. The van der Waals surface area contributed by atoms with Crippen molar-refractivity contribution in [3.8, 4) is 0 Å². The van der Waals surface area contributed by atoms with Crippen LogP contribution in [0.1, 0.15) is 50.4 Å². The van der Waals surface area contributed by atoms with Crippen LogP contribution in [-0.4, -0.2) is 59.9 Å². The molecule has 0 radical (unpaired) electrons. The topological polar surface area (TPSA) is 84.3 Å². The molecule has 29 heavy (non-hydrogen) atoms. The molecule has 2 heterocycles. The van der Waals surface area contributed by atoms with Gasteiger partial charge in [-0.2, -0.15) is 0 Å². The number of hydrogen-bond acceptors (Lipinski definition) is 5. The van der Waals surface area contributed by atoms with Crippen LogP contribution < -0.4 is 5.32 Å². The van der Waals surface area contributed by atoms with Gasteiger partial charge in [-0.1, -0.05) is 19.3 Å². The molecule has 0 bridgehead atoms. The molecule has 2 aromatic rings. The molecule has 7 nitrogen and oxygen atoms in total. The van der Waals surface area contributed by atoms with Crippen LogP contribution in [0, 0.1) is 6.92 Å². The Morgan fingerprint density at radius 2 is 2.00 bits per heavy atom. The summed E-state index contributed by atoms with van der Waals surface area (Å²) in [6, 6.07) is 6.35. The van der Waals surface area contributed by atoms with Gasteiger partial charge < -0.3 is 9.88 Å². The molecular formula is C21H30N4O3S. The van der Waals surface area contributed by atoms with Crippen LogP contribution in [0.15, 0.2) is 18.2 Å². The Morgan fingerprint density at radius 3 is 2.69 bits per heavy atom. The number of likely N-dealkylation sites (N-methyl/N-ethyl adjacent to an activating group) is 1. The summed E-state index contributed by atoms with van der Waals surface area (Å²) >= 11 is 0. The quantitative estimate of drug-likeness (QED) is 0.807. The number of imidazole rings is 1. The number of aromatic nitrogens is 2.